The molecule has 0 unspecified atom stereocenters. The second-order valence-corrected chi connectivity index (χ2v) is 13.8. The van der Waals surface area contributed by atoms with Crippen molar-refractivity contribution in [3.63, 3.8) is 0 Å². The Morgan fingerprint density at radius 3 is 1.21 bits per heavy atom. The highest BCUT2D eigenvalue weighted by atomic mass is 32.2. The van der Waals surface area contributed by atoms with E-state index in [2.05, 4.69) is 0 Å². The van der Waals surface area contributed by atoms with Crippen LogP contribution in [0.3, 0.4) is 0 Å². The summed E-state index contributed by atoms with van der Waals surface area (Å²) in [5, 5.41) is 0. The van der Waals surface area contributed by atoms with Gasteiger partial charge < -0.3 is 14.2 Å². The van der Waals surface area contributed by atoms with E-state index in [1.165, 1.54) is 0 Å². The van der Waals surface area contributed by atoms with E-state index in [0.717, 1.165) is 57.5 Å². The molecule has 0 aliphatic carbocycles. The summed E-state index contributed by atoms with van der Waals surface area (Å²) in [6.07, 6.45) is -7.56. The van der Waals surface area contributed by atoms with Gasteiger partial charge in [-0.15, -0.1) is 0 Å². The van der Waals surface area contributed by atoms with Crippen LogP contribution in [0.1, 0.15) is 49.9 Å². The van der Waals surface area contributed by atoms with Crippen LogP contribution < -0.4 is 8.61 Å². The lowest BCUT2D eigenvalue weighted by Crippen LogP contribution is -2.37. The van der Waals surface area contributed by atoms with Crippen LogP contribution in [-0.2, 0) is 59.8 Å². The summed E-state index contributed by atoms with van der Waals surface area (Å²) < 4.78 is 147. The van der Waals surface area contributed by atoms with Crippen molar-refractivity contribution in [2.24, 2.45) is 0 Å². The number of anilines is 2. The minimum atomic E-state index is -4.70. The molecule has 0 saturated carbocycles. The Labute approximate surface area is 247 Å². The molecule has 2 aromatic carbocycles. The van der Waals surface area contributed by atoms with E-state index in [4.69, 9.17) is 14.2 Å². The number of hydrogen-bond acceptors (Lipinski definition) is 7. The Morgan fingerprint density at radius 2 is 0.953 bits per heavy atom. The Hall–Kier alpha value is -2.60. The van der Waals surface area contributed by atoms with E-state index in [-0.39, 0.29) is 22.5 Å². The van der Waals surface area contributed by atoms with Crippen molar-refractivity contribution < 1.29 is 57.4 Å². The Bertz CT molecular complexity index is 1350. The maximum absolute atomic E-state index is 13.3. The van der Waals surface area contributed by atoms with Gasteiger partial charge in [0.1, 0.15) is 13.6 Å². The molecule has 0 radical (unpaired) electrons. The van der Waals surface area contributed by atoms with Gasteiger partial charge in [0, 0.05) is 23.2 Å². The van der Waals surface area contributed by atoms with Gasteiger partial charge in [0.25, 0.3) is 0 Å². The Morgan fingerprint density at radius 1 is 0.628 bits per heavy atom. The third kappa shape index (κ3) is 10.2. The SMILES string of the molecule is CC(C)N(c1ccc(C(F)(F)F)cc1COCOCOCc1cc(C(F)(F)F)ccc1N(C(C)C)S(C)(=O)=O)S(C)(=O)=O. The molecule has 0 heterocycles. The summed E-state index contributed by atoms with van der Waals surface area (Å²) >= 11 is 0. The molecule has 9 nitrogen and oxygen atoms in total. The minimum absolute atomic E-state index is 0.0144. The number of halogens is 6. The molecule has 0 aromatic heterocycles. The van der Waals surface area contributed by atoms with Gasteiger partial charge in [-0.25, -0.2) is 16.8 Å². The molecule has 0 aliphatic rings. The van der Waals surface area contributed by atoms with Gasteiger partial charge in [-0.1, -0.05) is 0 Å². The van der Waals surface area contributed by atoms with Crippen LogP contribution in [-0.4, -0.2) is 55.0 Å². The van der Waals surface area contributed by atoms with Crippen LogP contribution in [0.15, 0.2) is 36.4 Å². The van der Waals surface area contributed by atoms with Gasteiger partial charge >= 0.3 is 12.4 Å². The van der Waals surface area contributed by atoms with E-state index < -0.39 is 82.4 Å². The number of alkyl halides is 6. The zero-order valence-electron chi connectivity index (χ0n) is 24.3. The van der Waals surface area contributed by atoms with E-state index in [9.17, 15) is 43.2 Å². The quantitative estimate of drug-likeness (QED) is 0.144. The number of ether oxygens (including phenoxy) is 3. The molecule has 2 rings (SSSR count). The normalized spacial score (nSPS) is 13.2. The molecule has 0 spiro atoms. The van der Waals surface area contributed by atoms with Gasteiger partial charge in [0.15, 0.2) is 0 Å². The predicted molar refractivity (Wildman–Crippen MR) is 148 cm³/mol. The van der Waals surface area contributed by atoms with Crippen molar-refractivity contribution in [3.8, 4) is 0 Å². The lowest BCUT2D eigenvalue weighted by atomic mass is 10.1. The molecular weight excluding hydrogens is 630 g/mol. The van der Waals surface area contributed by atoms with Crippen LogP contribution in [0.5, 0.6) is 0 Å². The Balaban J connectivity index is 2.15. The van der Waals surface area contributed by atoms with Gasteiger partial charge in [-0.05, 0) is 64.1 Å². The number of sulfonamides is 2. The average molecular weight is 665 g/mol. The summed E-state index contributed by atoms with van der Waals surface area (Å²) in [6.45, 7) is 4.18. The van der Waals surface area contributed by atoms with Crippen LogP contribution in [0, 0.1) is 0 Å². The summed E-state index contributed by atoms with van der Waals surface area (Å²) in [5.41, 5.74) is -2.22. The topological polar surface area (TPSA) is 102 Å². The van der Waals surface area contributed by atoms with Crippen molar-refractivity contribution in [1.82, 2.24) is 0 Å². The van der Waals surface area contributed by atoms with Crippen LogP contribution >= 0.6 is 0 Å². The summed E-state index contributed by atoms with van der Waals surface area (Å²) in [6, 6.07) is 3.89. The van der Waals surface area contributed by atoms with Crippen LogP contribution in [0.25, 0.3) is 0 Å². The van der Waals surface area contributed by atoms with E-state index in [1.807, 2.05) is 0 Å². The maximum atomic E-state index is 13.3. The molecule has 244 valence electrons. The monoisotopic (exact) mass is 664 g/mol. The molecule has 2 aromatic rings. The highest BCUT2D eigenvalue weighted by Gasteiger charge is 2.34. The third-order valence-electron chi connectivity index (χ3n) is 5.79. The van der Waals surface area contributed by atoms with Crippen molar-refractivity contribution >= 4 is 31.4 Å². The van der Waals surface area contributed by atoms with Crippen LogP contribution in [0.2, 0.25) is 0 Å². The first-order chi connectivity index (χ1) is 19.5. The standard InChI is InChI=1S/C26H34F6N2O7S2/c1-17(2)33(42(5,35)36)23-9-7-21(25(27,28)29)11-19(23)13-39-15-41-16-40-14-20-12-22(26(30,31)32)8-10-24(20)34(18(3)4)43(6,37)38/h7-12,17-18H,13-16H2,1-6H3. The highest BCUT2D eigenvalue weighted by molar-refractivity contribution is 7.92. The van der Waals surface area contributed by atoms with Gasteiger partial charge in [0.05, 0.1) is 48.2 Å². The molecule has 0 N–H and O–H groups in total. The molecule has 0 bridgehead atoms. The molecular formula is C26H34F6N2O7S2. The largest absolute Gasteiger partial charge is 0.416 e. The third-order valence-corrected chi connectivity index (χ3v) is 8.46. The van der Waals surface area contributed by atoms with Crippen LogP contribution in [0.4, 0.5) is 37.7 Å². The minimum Gasteiger partial charge on any atom is -0.351 e. The fourth-order valence-corrected chi connectivity index (χ4v) is 6.92. The molecule has 0 aliphatic heterocycles. The second kappa shape index (κ2) is 14.0. The average Bonchev–Trinajstić information content (AvgIpc) is 2.81. The Kier molecular flexibility index (Phi) is 11.9. The molecule has 0 amide bonds. The first-order valence-electron chi connectivity index (χ1n) is 12.7. The highest BCUT2D eigenvalue weighted by Crippen LogP contribution is 2.36. The lowest BCUT2D eigenvalue weighted by Gasteiger charge is -2.29. The van der Waals surface area contributed by atoms with Crippen molar-refractivity contribution in [3.05, 3.63) is 58.7 Å². The number of rotatable bonds is 14. The second-order valence-electron chi connectivity index (χ2n) is 10.1. The van der Waals surface area contributed by atoms with E-state index in [1.54, 1.807) is 27.7 Å². The van der Waals surface area contributed by atoms with Crippen molar-refractivity contribution in [2.45, 2.75) is 65.3 Å². The number of hydrogen-bond donors (Lipinski definition) is 0. The molecule has 43 heavy (non-hydrogen) atoms. The molecule has 0 atom stereocenters. The first kappa shape index (κ1) is 36.6. The van der Waals surface area contributed by atoms with Gasteiger partial charge in [-0.3, -0.25) is 8.61 Å². The predicted octanol–water partition coefficient (Wildman–Crippen LogP) is 5.74. The van der Waals surface area contributed by atoms with Gasteiger partial charge in [0.2, 0.25) is 20.0 Å². The number of nitrogens with zero attached hydrogens (tertiary/aromatic N) is 2. The zero-order chi connectivity index (χ0) is 33.0. The summed E-state index contributed by atoms with van der Waals surface area (Å²) in [5.74, 6) is 0. The summed E-state index contributed by atoms with van der Waals surface area (Å²) in [4.78, 5) is 0. The fraction of sp³-hybridized carbons (Fsp3) is 0.538. The molecule has 0 fully saturated rings. The molecule has 17 heteroatoms. The van der Waals surface area contributed by atoms with E-state index in [0.29, 0.717) is 0 Å². The van der Waals surface area contributed by atoms with Crippen molar-refractivity contribution in [2.75, 3.05) is 34.7 Å². The maximum Gasteiger partial charge on any atom is 0.416 e. The lowest BCUT2D eigenvalue weighted by molar-refractivity contribution is -0.140. The molecule has 0 saturated heterocycles. The smallest absolute Gasteiger partial charge is 0.351 e. The van der Waals surface area contributed by atoms with Crippen molar-refractivity contribution in [1.29, 1.82) is 0 Å². The van der Waals surface area contributed by atoms with Gasteiger partial charge in [-0.2, -0.15) is 26.3 Å². The zero-order valence-corrected chi connectivity index (χ0v) is 25.9. The van der Waals surface area contributed by atoms with E-state index >= 15 is 0 Å². The summed E-state index contributed by atoms with van der Waals surface area (Å²) in [7, 11) is -7.72. The fourth-order valence-electron chi connectivity index (χ4n) is 4.32. The number of benzene rings is 2. The first-order valence-corrected chi connectivity index (χ1v) is 16.4.